The van der Waals surface area contributed by atoms with Gasteiger partial charge in [0.1, 0.15) is 5.02 Å². The summed E-state index contributed by atoms with van der Waals surface area (Å²) >= 11 is 30.8. The first-order valence-electron chi connectivity index (χ1n) is 12.4. The Morgan fingerprint density at radius 1 is 0.902 bits per heavy atom. The highest BCUT2D eigenvalue weighted by atomic mass is 35.5. The fourth-order valence-electron chi connectivity index (χ4n) is 4.52. The summed E-state index contributed by atoms with van der Waals surface area (Å²) in [6.07, 6.45) is 2.24. The van der Waals surface area contributed by atoms with Crippen molar-refractivity contribution in [3.63, 3.8) is 0 Å². The van der Waals surface area contributed by atoms with E-state index in [2.05, 4.69) is 10.3 Å². The second-order valence-electron chi connectivity index (χ2n) is 9.23. The van der Waals surface area contributed by atoms with Gasteiger partial charge in [0, 0.05) is 45.9 Å². The maximum Gasteiger partial charge on any atom is 0.346 e. The van der Waals surface area contributed by atoms with Crippen LogP contribution in [0.2, 0.25) is 25.1 Å². The quantitative estimate of drug-likeness (QED) is 0.217. The van der Waals surface area contributed by atoms with E-state index in [1.54, 1.807) is 42.5 Å². The van der Waals surface area contributed by atoms with Gasteiger partial charge in [-0.05, 0) is 73.5 Å². The largest absolute Gasteiger partial charge is 0.404 e. The number of carbonyl (C=O) groups is 2. The van der Waals surface area contributed by atoms with Crippen molar-refractivity contribution in [3.05, 3.63) is 120 Å². The molecule has 0 atom stereocenters. The van der Waals surface area contributed by atoms with E-state index >= 15 is 0 Å². The lowest BCUT2D eigenvalue weighted by atomic mass is 9.93. The molecule has 5 rings (SSSR count). The van der Waals surface area contributed by atoms with Crippen molar-refractivity contribution >= 4 is 87.2 Å². The maximum atomic E-state index is 13.5. The highest BCUT2D eigenvalue weighted by Gasteiger charge is 2.44. The van der Waals surface area contributed by atoms with Gasteiger partial charge >= 0.3 is 11.9 Å². The smallest absolute Gasteiger partial charge is 0.346 e. The Hall–Kier alpha value is -3.13. The minimum atomic E-state index is -0.650. The second-order valence-corrected chi connectivity index (χ2v) is 11.4. The third kappa shape index (κ3) is 6.37. The van der Waals surface area contributed by atoms with Crippen molar-refractivity contribution in [2.75, 3.05) is 13.1 Å². The summed E-state index contributed by atoms with van der Waals surface area (Å²) in [6, 6.07) is 17.0. The molecule has 0 saturated carbocycles. The second kappa shape index (κ2) is 12.4. The molecule has 0 bridgehead atoms. The SMILES string of the molecule is CC1=C(C(=O)NCC2=CC(OC(=O)c3ccc(Cl)cc3Cl)=NCC2)[N+](c2ccc(Cl)cc2Cl)=C1c1ccc(Cl)cc1. The summed E-state index contributed by atoms with van der Waals surface area (Å²) in [5.74, 6) is -0.799. The van der Waals surface area contributed by atoms with Crippen molar-refractivity contribution in [3.8, 4) is 0 Å². The summed E-state index contributed by atoms with van der Waals surface area (Å²) in [5.41, 5.74) is 4.60. The number of halogens is 5. The first-order chi connectivity index (χ1) is 19.6. The van der Waals surface area contributed by atoms with E-state index in [1.807, 2.05) is 23.6 Å². The lowest BCUT2D eigenvalue weighted by Crippen LogP contribution is -2.40. The number of amides is 1. The zero-order valence-corrected chi connectivity index (χ0v) is 25.3. The number of benzene rings is 3. The van der Waals surface area contributed by atoms with E-state index in [0.717, 1.165) is 22.4 Å². The van der Waals surface area contributed by atoms with E-state index in [4.69, 9.17) is 62.7 Å². The fraction of sp³-hybridized carbons (Fsp3) is 0.133. The van der Waals surface area contributed by atoms with E-state index < -0.39 is 5.97 Å². The number of nitrogens with one attached hydrogen (secondary N) is 1. The third-order valence-electron chi connectivity index (χ3n) is 6.49. The van der Waals surface area contributed by atoms with Crippen LogP contribution in [-0.4, -0.2) is 41.2 Å². The van der Waals surface area contributed by atoms with Gasteiger partial charge in [0.2, 0.25) is 17.3 Å². The van der Waals surface area contributed by atoms with Gasteiger partial charge in [-0.25, -0.2) is 4.79 Å². The van der Waals surface area contributed by atoms with Crippen molar-refractivity contribution < 1.29 is 18.9 Å². The predicted molar refractivity (Wildman–Crippen MR) is 165 cm³/mol. The summed E-state index contributed by atoms with van der Waals surface area (Å²) in [4.78, 5) is 30.4. The Kier molecular flexibility index (Phi) is 8.88. The Bertz CT molecular complexity index is 1710. The predicted octanol–water partition coefficient (Wildman–Crippen LogP) is 8.08. The van der Waals surface area contributed by atoms with Crippen LogP contribution < -0.4 is 5.32 Å². The number of rotatable bonds is 6. The number of esters is 1. The Morgan fingerprint density at radius 2 is 1.56 bits per heavy atom. The molecule has 2 aliphatic rings. The van der Waals surface area contributed by atoms with Gasteiger partial charge in [0.05, 0.1) is 16.2 Å². The molecule has 0 fully saturated rings. The van der Waals surface area contributed by atoms with Crippen LogP contribution in [0.4, 0.5) is 5.69 Å². The van der Waals surface area contributed by atoms with Crippen molar-refractivity contribution in [1.82, 2.24) is 5.32 Å². The van der Waals surface area contributed by atoms with Gasteiger partial charge in [-0.15, -0.1) is 4.58 Å². The molecule has 2 aliphatic heterocycles. The molecule has 2 heterocycles. The zero-order valence-electron chi connectivity index (χ0n) is 21.5. The zero-order chi connectivity index (χ0) is 29.3. The van der Waals surface area contributed by atoms with E-state index in [9.17, 15) is 9.59 Å². The van der Waals surface area contributed by atoms with Crippen LogP contribution in [0.25, 0.3) is 0 Å². The molecule has 1 amide bonds. The van der Waals surface area contributed by atoms with Crippen molar-refractivity contribution in [1.29, 1.82) is 0 Å². The Labute approximate surface area is 261 Å². The molecule has 0 aromatic heterocycles. The molecule has 0 saturated heterocycles. The molecule has 208 valence electrons. The van der Waals surface area contributed by atoms with E-state index in [-0.39, 0.29) is 28.9 Å². The molecule has 3 aromatic rings. The molecule has 0 spiro atoms. The number of carbonyl (C=O) groups excluding carboxylic acids is 2. The molecule has 11 heteroatoms. The number of ether oxygens (including phenoxy) is 1. The van der Waals surface area contributed by atoms with Gasteiger partial charge < -0.3 is 10.1 Å². The Balaban J connectivity index is 1.33. The summed E-state index contributed by atoms with van der Waals surface area (Å²) in [5, 5.41) is 5.06. The van der Waals surface area contributed by atoms with Crippen molar-refractivity contribution in [2.45, 2.75) is 13.3 Å². The van der Waals surface area contributed by atoms with Crippen LogP contribution in [0.5, 0.6) is 0 Å². The maximum absolute atomic E-state index is 13.5. The summed E-state index contributed by atoms with van der Waals surface area (Å²) in [7, 11) is 0. The molecule has 3 aromatic carbocycles. The molecular weight excluding hydrogens is 628 g/mol. The summed E-state index contributed by atoms with van der Waals surface area (Å²) in [6.45, 7) is 2.51. The first kappa shape index (κ1) is 29.4. The number of aliphatic imine (C=N–C) groups is 1. The molecule has 0 unspecified atom stereocenters. The highest BCUT2D eigenvalue weighted by Crippen LogP contribution is 2.37. The van der Waals surface area contributed by atoms with Crippen LogP contribution in [0.1, 0.15) is 29.3 Å². The Morgan fingerprint density at radius 3 is 2.24 bits per heavy atom. The number of dihydropyridines is 1. The van der Waals surface area contributed by atoms with Gasteiger partial charge in [0.25, 0.3) is 5.70 Å². The summed E-state index contributed by atoms with van der Waals surface area (Å²) < 4.78 is 7.25. The van der Waals surface area contributed by atoms with Crippen LogP contribution in [0, 0.1) is 0 Å². The minimum Gasteiger partial charge on any atom is -0.404 e. The number of allylic oxidation sites excluding steroid dienone is 1. The standard InChI is InChI=1S/C30H20Cl5N3O3/c1-16-27(18-2-4-19(31)5-3-18)38(25-9-7-21(33)14-24(25)35)28(16)29(39)37-15-17-10-11-36-26(12-17)41-30(40)22-8-6-20(32)13-23(22)34/h2-9,12-14H,10-11,15H2,1H3/p+1. The van der Waals surface area contributed by atoms with Gasteiger partial charge in [-0.3, -0.25) is 9.79 Å². The van der Waals surface area contributed by atoms with Crippen molar-refractivity contribution in [2.24, 2.45) is 4.99 Å². The molecule has 0 aliphatic carbocycles. The topological polar surface area (TPSA) is 70.8 Å². The normalized spacial score (nSPS) is 14.8. The van der Waals surface area contributed by atoms with Crippen LogP contribution in [0.3, 0.4) is 0 Å². The van der Waals surface area contributed by atoms with Gasteiger partial charge in [-0.1, -0.05) is 58.0 Å². The van der Waals surface area contributed by atoms with Gasteiger partial charge in [0.15, 0.2) is 0 Å². The highest BCUT2D eigenvalue weighted by molar-refractivity contribution is 6.37. The third-order valence-corrected chi connectivity index (χ3v) is 7.83. The number of hydrogen-bond acceptors (Lipinski definition) is 4. The van der Waals surface area contributed by atoms with E-state index in [0.29, 0.717) is 44.4 Å². The lowest BCUT2D eigenvalue weighted by molar-refractivity contribution is -0.391. The molecule has 0 radical (unpaired) electrons. The van der Waals surface area contributed by atoms with E-state index in [1.165, 1.54) is 12.1 Å². The molecule has 1 N–H and O–H groups in total. The molecule has 41 heavy (non-hydrogen) atoms. The molecular formula is C30H21Cl5N3O3+. The van der Waals surface area contributed by atoms with Crippen LogP contribution in [0.15, 0.2) is 88.6 Å². The average Bonchev–Trinajstić information content (AvgIpc) is 2.92. The number of hydrogen-bond donors (Lipinski definition) is 1. The number of nitrogens with zero attached hydrogens (tertiary/aromatic N) is 2. The van der Waals surface area contributed by atoms with Gasteiger partial charge in [-0.2, -0.15) is 0 Å². The lowest BCUT2D eigenvalue weighted by Gasteiger charge is -2.22. The average molecular weight is 649 g/mol. The molecule has 6 nitrogen and oxygen atoms in total. The monoisotopic (exact) mass is 646 g/mol. The fourth-order valence-corrected chi connectivity index (χ4v) is 5.63. The first-order valence-corrected chi connectivity index (χ1v) is 14.3. The van der Waals surface area contributed by atoms with Crippen LogP contribution in [-0.2, 0) is 9.53 Å². The minimum absolute atomic E-state index is 0.142. The van der Waals surface area contributed by atoms with Crippen LogP contribution >= 0.6 is 58.0 Å².